The number of aryl methyl sites for hydroxylation is 1. The van der Waals surface area contributed by atoms with Gasteiger partial charge in [0.05, 0.1) is 11.5 Å². The van der Waals surface area contributed by atoms with E-state index < -0.39 is 9.84 Å². The van der Waals surface area contributed by atoms with Crippen molar-refractivity contribution in [3.05, 3.63) is 41.6 Å². The number of rotatable bonds is 2. The van der Waals surface area contributed by atoms with E-state index in [0.717, 1.165) is 16.9 Å². The van der Waals surface area contributed by atoms with Crippen molar-refractivity contribution in [2.24, 2.45) is 0 Å². The van der Waals surface area contributed by atoms with Crippen LogP contribution in [0.25, 0.3) is 0 Å². The fourth-order valence-electron chi connectivity index (χ4n) is 1.58. The molecule has 1 aliphatic heterocycles. The van der Waals surface area contributed by atoms with E-state index in [1.807, 2.05) is 31.2 Å². The zero-order chi connectivity index (χ0) is 10.9. The molecule has 80 valence electrons. The number of benzene rings is 1. The lowest BCUT2D eigenvalue weighted by Crippen LogP contribution is -2.07. The summed E-state index contributed by atoms with van der Waals surface area (Å²) >= 11 is 0. The van der Waals surface area contributed by atoms with Gasteiger partial charge in [-0.1, -0.05) is 12.1 Å². The van der Waals surface area contributed by atoms with Gasteiger partial charge >= 0.3 is 0 Å². The lowest BCUT2D eigenvalue weighted by Gasteiger charge is -2.06. The second-order valence-electron chi connectivity index (χ2n) is 3.78. The van der Waals surface area contributed by atoms with E-state index in [4.69, 9.17) is 0 Å². The van der Waals surface area contributed by atoms with Crippen LogP contribution in [0.1, 0.15) is 5.56 Å². The van der Waals surface area contributed by atoms with Gasteiger partial charge in [-0.25, -0.2) is 8.42 Å². The quantitative estimate of drug-likeness (QED) is 0.830. The molecule has 0 radical (unpaired) electrons. The highest BCUT2D eigenvalue weighted by Gasteiger charge is 2.19. The van der Waals surface area contributed by atoms with Crippen LogP contribution in [0.2, 0.25) is 0 Å². The zero-order valence-electron chi connectivity index (χ0n) is 8.53. The molecule has 0 unspecified atom stereocenters. The van der Waals surface area contributed by atoms with Gasteiger partial charge in [0.25, 0.3) is 0 Å². The number of sulfone groups is 1. The normalized spacial score (nSPS) is 18.6. The Hall–Kier alpha value is -1.29. The first-order valence-electron chi connectivity index (χ1n) is 4.78. The molecule has 1 aliphatic rings. The van der Waals surface area contributed by atoms with Gasteiger partial charge in [-0.15, -0.1) is 0 Å². The summed E-state index contributed by atoms with van der Waals surface area (Å²) in [5.74, 6) is 0.280. The second-order valence-corrected chi connectivity index (χ2v) is 5.89. The molecule has 0 aliphatic carbocycles. The topological polar surface area (TPSA) is 46.2 Å². The second kappa shape index (κ2) is 3.70. The fourth-order valence-corrected chi connectivity index (χ4v) is 2.81. The Labute approximate surface area is 89.7 Å². The molecule has 1 aromatic rings. The van der Waals surface area contributed by atoms with Crippen LogP contribution in [0.3, 0.4) is 0 Å². The summed E-state index contributed by atoms with van der Waals surface area (Å²) in [6.07, 6.45) is 1.73. The average Bonchev–Trinajstić information content (AvgIpc) is 2.45. The highest BCUT2D eigenvalue weighted by Crippen LogP contribution is 2.16. The Morgan fingerprint density at radius 3 is 2.73 bits per heavy atom. The molecule has 0 spiro atoms. The molecular weight excluding hydrogens is 210 g/mol. The Kier molecular flexibility index (Phi) is 2.52. The molecule has 1 heterocycles. The fraction of sp³-hybridized carbons (Fsp3) is 0.273. The summed E-state index contributed by atoms with van der Waals surface area (Å²) in [5.41, 5.74) is 2.88. The van der Waals surface area contributed by atoms with Crippen LogP contribution >= 0.6 is 0 Å². The average molecular weight is 223 g/mol. The molecule has 0 bridgehead atoms. The van der Waals surface area contributed by atoms with Crippen molar-refractivity contribution in [2.75, 3.05) is 16.8 Å². The maximum Gasteiger partial charge on any atom is 0.159 e. The molecule has 4 heteroatoms. The summed E-state index contributed by atoms with van der Waals surface area (Å²) in [4.78, 5) is 0. The Balaban J connectivity index is 2.11. The van der Waals surface area contributed by atoms with Gasteiger partial charge in [-0.3, -0.25) is 0 Å². The molecule has 15 heavy (non-hydrogen) atoms. The molecule has 2 rings (SSSR count). The van der Waals surface area contributed by atoms with Crippen LogP contribution in [0, 0.1) is 6.92 Å². The van der Waals surface area contributed by atoms with Crippen LogP contribution in [0.5, 0.6) is 0 Å². The third kappa shape index (κ3) is 2.59. The molecule has 1 N–H and O–H groups in total. The van der Waals surface area contributed by atoms with E-state index in [2.05, 4.69) is 5.32 Å². The minimum Gasteiger partial charge on any atom is -0.358 e. The van der Waals surface area contributed by atoms with E-state index in [1.54, 1.807) is 6.08 Å². The lowest BCUT2D eigenvalue weighted by molar-refractivity contribution is 0.603. The first-order chi connectivity index (χ1) is 7.05. The molecule has 0 atom stereocenters. The number of anilines is 1. The molecule has 0 fully saturated rings. The van der Waals surface area contributed by atoms with Crippen LogP contribution in [0.15, 0.2) is 36.0 Å². The van der Waals surface area contributed by atoms with Gasteiger partial charge < -0.3 is 5.32 Å². The third-order valence-corrected chi connectivity index (χ3v) is 3.71. The molecule has 0 saturated heterocycles. The van der Waals surface area contributed by atoms with Crippen LogP contribution in [-0.4, -0.2) is 19.9 Å². The van der Waals surface area contributed by atoms with Gasteiger partial charge in [0.1, 0.15) is 0 Å². The number of nitrogens with one attached hydrogen (secondary N) is 1. The Bertz CT molecular complexity index is 503. The van der Waals surface area contributed by atoms with Crippen LogP contribution in [0.4, 0.5) is 5.69 Å². The highest BCUT2D eigenvalue weighted by molar-refractivity contribution is 7.92. The van der Waals surface area contributed by atoms with Crippen molar-refractivity contribution in [3.63, 3.8) is 0 Å². The monoisotopic (exact) mass is 223 g/mol. The van der Waals surface area contributed by atoms with E-state index >= 15 is 0 Å². The maximum absolute atomic E-state index is 11.2. The molecule has 3 nitrogen and oxygen atoms in total. The van der Waals surface area contributed by atoms with Gasteiger partial charge in [-0.05, 0) is 30.7 Å². The first-order valence-corrected chi connectivity index (χ1v) is 6.60. The molecule has 0 saturated carbocycles. The van der Waals surface area contributed by atoms with E-state index in [1.165, 1.54) is 0 Å². The van der Waals surface area contributed by atoms with Crippen molar-refractivity contribution >= 4 is 15.5 Å². The maximum atomic E-state index is 11.2. The standard InChI is InChI=1S/C11H13NO2S/c1-9-3-2-4-10(7-9)12-11-5-6-15(13,14)8-11/h2-5,7,12H,6,8H2,1H3. The number of hydrogen-bond donors (Lipinski definition) is 1. The van der Waals surface area contributed by atoms with Crippen molar-refractivity contribution in [1.82, 2.24) is 0 Å². The third-order valence-electron chi connectivity index (χ3n) is 2.28. The molecular formula is C11H13NO2S. The van der Waals surface area contributed by atoms with E-state index in [9.17, 15) is 8.42 Å². The van der Waals surface area contributed by atoms with Crippen LogP contribution in [-0.2, 0) is 9.84 Å². The summed E-state index contributed by atoms with van der Waals surface area (Å²) in [6, 6.07) is 7.87. The number of hydrogen-bond acceptors (Lipinski definition) is 3. The van der Waals surface area contributed by atoms with Gasteiger partial charge in [0.2, 0.25) is 0 Å². The largest absolute Gasteiger partial charge is 0.358 e. The van der Waals surface area contributed by atoms with Gasteiger partial charge in [0, 0.05) is 11.4 Å². The smallest absolute Gasteiger partial charge is 0.159 e. The first kappa shape index (κ1) is 10.2. The lowest BCUT2D eigenvalue weighted by atomic mass is 10.2. The van der Waals surface area contributed by atoms with E-state index in [0.29, 0.717) is 0 Å². The van der Waals surface area contributed by atoms with Crippen molar-refractivity contribution in [3.8, 4) is 0 Å². The Morgan fingerprint density at radius 2 is 2.13 bits per heavy atom. The van der Waals surface area contributed by atoms with E-state index in [-0.39, 0.29) is 11.5 Å². The molecule has 0 amide bonds. The molecule has 0 aromatic heterocycles. The van der Waals surface area contributed by atoms with Crippen LogP contribution < -0.4 is 5.32 Å². The minimum absolute atomic E-state index is 0.126. The summed E-state index contributed by atoms with van der Waals surface area (Å²) in [6.45, 7) is 2.00. The minimum atomic E-state index is -2.88. The summed E-state index contributed by atoms with van der Waals surface area (Å²) < 4.78 is 22.4. The van der Waals surface area contributed by atoms with Crippen molar-refractivity contribution in [1.29, 1.82) is 0 Å². The van der Waals surface area contributed by atoms with Crippen molar-refractivity contribution < 1.29 is 8.42 Å². The zero-order valence-corrected chi connectivity index (χ0v) is 9.34. The SMILES string of the molecule is Cc1cccc(NC2=CCS(=O)(=O)C2)c1. The summed E-state index contributed by atoms with van der Waals surface area (Å²) in [7, 11) is -2.88. The predicted octanol–water partition coefficient (Wildman–Crippen LogP) is 1.72. The predicted molar refractivity (Wildman–Crippen MR) is 61.5 cm³/mol. The summed E-state index contributed by atoms with van der Waals surface area (Å²) in [5, 5.41) is 3.12. The Morgan fingerprint density at radius 1 is 1.33 bits per heavy atom. The molecule has 1 aromatic carbocycles. The van der Waals surface area contributed by atoms with Gasteiger partial charge in [0.15, 0.2) is 9.84 Å². The van der Waals surface area contributed by atoms with Crippen molar-refractivity contribution in [2.45, 2.75) is 6.92 Å². The highest BCUT2D eigenvalue weighted by atomic mass is 32.2. The van der Waals surface area contributed by atoms with Gasteiger partial charge in [-0.2, -0.15) is 0 Å².